The SMILES string of the molecule is CCCC(=O)NCc1n[nH]c(=O)c2ccccc12. The summed E-state index contributed by atoms with van der Waals surface area (Å²) in [6, 6.07) is 7.23. The lowest BCUT2D eigenvalue weighted by atomic mass is 10.1. The number of carbonyl (C=O) groups excluding carboxylic acids is 1. The Bertz CT molecular complexity index is 619. The normalized spacial score (nSPS) is 10.5. The molecule has 94 valence electrons. The number of benzene rings is 1. The van der Waals surface area contributed by atoms with E-state index in [-0.39, 0.29) is 11.5 Å². The zero-order chi connectivity index (χ0) is 13.0. The van der Waals surface area contributed by atoms with Crippen molar-refractivity contribution in [3.8, 4) is 0 Å². The highest BCUT2D eigenvalue weighted by molar-refractivity contribution is 5.84. The fraction of sp³-hybridized carbons (Fsp3) is 0.308. The summed E-state index contributed by atoms with van der Waals surface area (Å²) in [7, 11) is 0. The van der Waals surface area contributed by atoms with Crippen molar-refractivity contribution < 1.29 is 4.79 Å². The molecule has 1 heterocycles. The fourth-order valence-electron chi connectivity index (χ4n) is 1.80. The summed E-state index contributed by atoms with van der Waals surface area (Å²) in [5.74, 6) is -0.00502. The third-order valence-electron chi connectivity index (χ3n) is 2.71. The summed E-state index contributed by atoms with van der Waals surface area (Å²) >= 11 is 0. The number of amides is 1. The number of nitrogens with one attached hydrogen (secondary N) is 2. The Hall–Kier alpha value is -2.17. The van der Waals surface area contributed by atoms with Crippen molar-refractivity contribution in [3.63, 3.8) is 0 Å². The average Bonchev–Trinajstić information content (AvgIpc) is 2.39. The number of fused-ring (bicyclic) bond motifs is 1. The highest BCUT2D eigenvalue weighted by Gasteiger charge is 2.06. The van der Waals surface area contributed by atoms with Crippen LogP contribution < -0.4 is 10.9 Å². The van der Waals surface area contributed by atoms with E-state index in [1.807, 2.05) is 19.1 Å². The van der Waals surface area contributed by atoms with Gasteiger partial charge < -0.3 is 5.32 Å². The molecule has 0 radical (unpaired) electrons. The third-order valence-corrected chi connectivity index (χ3v) is 2.71. The Morgan fingerprint density at radius 3 is 2.78 bits per heavy atom. The first-order valence-electron chi connectivity index (χ1n) is 5.95. The fourth-order valence-corrected chi connectivity index (χ4v) is 1.80. The minimum Gasteiger partial charge on any atom is -0.350 e. The minimum atomic E-state index is -0.214. The lowest BCUT2D eigenvalue weighted by Crippen LogP contribution is -2.24. The second kappa shape index (κ2) is 5.44. The number of aromatic amines is 1. The van der Waals surface area contributed by atoms with Crippen LogP contribution in [0.2, 0.25) is 0 Å². The zero-order valence-electron chi connectivity index (χ0n) is 10.2. The Labute approximate surface area is 104 Å². The van der Waals surface area contributed by atoms with Crippen LogP contribution in [0.25, 0.3) is 10.8 Å². The number of rotatable bonds is 4. The van der Waals surface area contributed by atoms with Crippen molar-refractivity contribution in [2.24, 2.45) is 0 Å². The second-order valence-corrected chi connectivity index (χ2v) is 4.07. The molecule has 0 aliphatic carbocycles. The second-order valence-electron chi connectivity index (χ2n) is 4.07. The van der Waals surface area contributed by atoms with E-state index < -0.39 is 0 Å². The molecule has 2 N–H and O–H groups in total. The first-order chi connectivity index (χ1) is 8.72. The van der Waals surface area contributed by atoms with E-state index in [1.54, 1.807) is 12.1 Å². The van der Waals surface area contributed by atoms with Gasteiger partial charge in [0.15, 0.2) is 0 Å². The largest absolute Gasteiger partial charge is 0.350 e. The lowest BCUT2D eigenvalue weighted by Gasteiger charge is -2.06. The van der Waals surface area contributed by atoms with Gasteiger partial charge in [0.1, 0.15) is 0 Å². The standard InChI is InChI=1S/C13H15N3O2/c1-2-5-12(17)14-8-11-9-6-3-4-7-10(9)13(18)16-15-11/h3-4,6-7H,2,5,8H2,1H3,(H,14,17)(H,16,18). The van der Waals surface area contributed by atoms with E-state index in [9.17, 15) is 9.59 Å². The molecule has 18 heavy (non-hydrogen) atoms. The topological polar surface area (TPSA) is 74.8 Å². The molecule has 0 atom stereocenters. The number of carbonyl (C=O) groups is 1. The molecule has 0 saturated heterocycles. The first-order valence-corrected chi connectivity index (χ1v) is 5.95. The van der Waals surface area contributed by atoms with Crippen molar-refractivity contribution in [1.29, 1.82) is 0 Å². The number of hydrogen-bond acceptors (Lipinski definition) is 3. The molecule has 1 aromatic heterocycles. The van der Waals surface area contributed by atoms with Crippen molar-refractivity contribution in [3.05, 3.63) is 40.3 Å². The van der Waals surface area contributed by atoms with E-state index in [0.717, 1.165) is 11.8 Å². The highest BCUT2D eigenvalue weighted by atomic mass is 16.1. The molecular weight excluding hydrogens is 230 g/mol. The van der Waals surface area contributed by atoms with E-state index in [4.69, 9.17) is 0 Å². The summed E-state index contributed by atoms with van der Waals surface area (Å²) in [5, 5.41) is 10.6. The lowest BCUT2D eigenvalue weighted by molar-refractivity contribution is -0.121. The van der Waals surface area contributed by atoms with Gasteiger partial charge in [0.05, 0.1) is 17.6 Å². The molecule has 0 aliphatic rings. The summed E-state index contributed by atoms with van der Waals surface area (Å²) in [5.41, 5.74) is 0.462. The van der Waals surface area contributed by atoms with Crippen LogP contribution in [0.5, 0.6) is 0 Å². The maximum Gasteiger partial charge on any atom is 0.272 e. The summed E-state index contributed by atoms with van der Waals surface area (Å²) in [6.45, 7) is 2.28. The molecule has 0 spiro atoms. The van der Waals surface area contributed by atoms with Gasteiger partial charge in [-0.2, -0.15) is 5.10 Å². The van der Waals surface area contributed by atoms with E-state index >= 15 is 0 Å². The zero-order valence-corrected chi connectivity index (χ0v) is 10.2. The van der Waals surface area contributed by atoms with E-state index in [2.05, 4.69) is 15.5 Å². The van der Waals surface area contributed by atoms with Crippen molar-refractivity contribution >= 4 is 16.7 Å². The van der Waals surface area contributed by atoms with Gasteiger partial charge in [0.25, 0.3) is 5.56 Å². The molecule has 5 heteroatoms. The number of aromatic nitrogens is 2. The van der Waals surface area contributed by atoms with Crippen molar-refractivity contribution in [2.45, 2.75) is 26.3 Å². The van der Waals surface area contributed by atoms with Crippen LogP contribution in [0.4, 0.5) is 0 Å². The van der Waals surface area contributed by atoms with Gasteiger partial charge in [-0.25, -0.2) is 5.10 Å². The summed E-state index contributed by atoms with van der Waals surface area (Å²) in [6.07, 6.45) is 1.31. The number of H-pyrrole nitrogens is 1. The number of nitrogens with zero attached hydrogens (tertiary/aromatic N) is 1. The van der Waals surface area contributed by atoms with Gasteiger partial charge in [0, 0.05) is 11.8 Å². The van der Waals surface area contributed by atoms with Gasteiger partial charge in [-0.3, -0.25) is 9.59 Å². The smallest absolute Gasteiger partial charge is 0.272 e. The van der Waals surface area contributed by atoms with Crippen LogP contribution in [-0.2, 0) is 11.3 Å². The average molecular weight is 245 g/mol. The molecule has 0 fully saturated rings. The van der Waals surface area contributed by atoms with Crippen LogP contribution in [-0.4, -0.2) is 16.1 Å². The highest BCUT2D eigenvalue weighted by Crippen LogP contribution is 2.11. The minimum absolute atomic E-state index is 0.00502. The van der Waals surface area contributed by atoms with Crippen LogP contribution in [0.15, 0.2) is 29.1 Å². The molecular formula is C13H15N3O2. The maximum atomic E-state index is 11.6. The first kappa shape index (κ1) is 12.3. The molecule has 1 aromatic carbocycles. The van der Waals surface area contributed by atoms with Gasteiger partial charge >= 0.3 is 0 Å². The molecule has 2 aromatic rings. The Kier molecular flexibility index (Phi) is 3.72. The van der Waals surface area contributed by atoms with Crippen LogP contribution in [0.3, 0.4) is 0 Å². The predicted molar refractivity (Wildman–Crippen MR) is 69.1 cm³/mol. The summed E-state index contributed by atoms with van der Waals surface area (Å²) in [4.78, 5) is 23.0. The molecule has 2 rings (SSSR count). The van der Waals surface area contributed by atoms with Crippen LogP contribution in [0, 0.1) is 0 Å². The van der Waals surface area contributed by atoms with E-state index in [0.29, 0.717) is 24.0 Å². The molecule has 0 saturated carbocycles. The summed E-state index contributed by atoms with van der Waals surface area (Å²) < 4.78 is 0. The third kappa shape index (κ3) is 2.56. The molecule has 0 bridgehead atoms. The van der Waals surface area contributed by atoms with Gasteiger partial charge in [-0.1, -0.05) is 25.1 Å². The molecule has 0 unspecified atom stereocenters. The Balaban J connectivity index is 2.26. The van der Waals surface area contributed by atoms with Gasteiger partial charge in [-0.15, -0.1) is 0 Å². The maximum absolute atomic E-state index is 11.6. The Morgan fingerprint density at radius 1 is 1.33 bits per heavy atom. The molecule has 1 amide bonds. The van der Waals surface area contributed by atoms with Crippen LogP contribution >= 0.6 is 0 Å². The van der Waals surface area contributed by atoms with Crippen molar-refractivity contribution in [2.75, 3.05) is 0 Å². The molecule has 5 nitrogen and oxygen atoms in total. The number of hydrogen-bond donors (Lipinski definition) is 2. The predicted octanol–water partition coefficient (Wildman–Crippen LogP) is 1.34. The van der Waals surface area contributed by atoms with Gasteiger partial charge in [-0.05, 0) is 12.5 Å². The molecule has 0 aliphatic heterocycles. The quantitative estimate of drug-likeness (QED) is 0.853. The monoisotopic (exact) mass is 245 g/mol. The van der Waals surface area contributed by atoms with Crippen molar-refractivity contribution in [1.82, 2.24) is 15.5 Å². The van der Waals surface area contributed by atoms with E-state index in [1.165, 1.54) is 0 Å². The Morgan fingerprint density at radius 2 is 2.06 bits per heavy atom. The van der Waals surface area contributed by atoms with Crippen LogP contribution in [0.1, 0.15) is 25.5 Å². The van der Waals surface area contributed by atoms with Gasteiger partial charge in [0.2, 0.25) is 5.91 Å².